The molecule has 0 radical (unpaired) electrons. The largest absolute Gasteiger partial charge is 0.616 e. The fourth-order valence-corrected chi connectivity index (χ4v) is 4.12. The van der Waals surface area contributed by atoms with Crippen LogP contribution in [0.15, 0.2) is 0 Å². The number of nitrogens with zero attached hydrogens (tertiary/aromatic N) is 1. The normalized spacial score (nSPS) is 18.3. The van der Waals surface area contributed by atoms with Crippen molar-refractivity contribution in [3.8, 4) is 0 Å². The number of ether oxygens (including phenoxy) is 1. The number of rotatable bonds is 7. The molecule has 3 atom stereocenters. The molecule has 0 aliphatic heterocycles. The van der Waals surface area contributed by atoms with E-state index in [1.807, 2.05) is 27.7 Å². The van der Waals surface area contributed by atoms with Crippen molar-refractivity contribution < 1.29 is 17.7 Å². The highest BCUT2D eigenvalue weighted by Crippen LogP contribution is 2.25. The van der Waals surface area contributed by atoms with Gasteiger partial charge in [-0.25, -0.2) is 8.42 Å². The Kier molecular flexibility index (Phi) is 7.90. The first kappa shape index (κ1) is 22.2. The molecular formula is C15H33NO4S2. The summed E-state index contributed by atoms with van der Waals surface area (Å²) in [6.07, 6.45) is 2.35. The fourth-order valence-electron chi connectivity index (χ4n) is 1.98. The van der Waals surface area contributed by atoms with Crippen molar-refractivity contribution in [2.75, 3.05) is 24.8 Å². The summed E-state index contributed by atoms with van der Waals surface area (Å²) in [4.78, 5) is 0. The van der Waals surface area contributed by atoms with E-state index in [1.165, 1.54) is 10.6 Å². The molecule has 0 fully saturated rings. The summed E-state index contributed by atoms with van der Waals surface area (Å²) in [5, 5.41) is 0. The van der Waals surface area contributed by atoms with Crippen LogP contribution >= 0.6 is 0 Å². The molecule has 0 saturated heterocycles. The van der Waals surface area contributed by atoms with Gasteiger partial charge in [0.2, 0.25) is 10.0 Å². The molecule has 22 heavy (non-hydrogen) atoms. The molecule has 0 aromatic rings. The minimum absolute atomic E-state index is 0.0643. The van der Waals surface area contributed by atoms with E-state index in [0.29, 0.717) is 5.75 Å². The Balaban J connectivity index is 5.27. The Labute approximate surface area is 140 Å². The summed E-state index contributed by atoms with van der Waals surface area (Å²) in [5.41, 5.74) is -0.611. The van der Waals surface area contributed by atoms with Crippen LogP contribution in [-0.4, -0.2) is 59.8 Å². The lowest BCUT2D eigenvalue weighted by molar-refractivity contribution is -0.0555. The van der Waals surface area contributed by atoms with Gasteiger partial charge in [0.1, 0.15) is 11.9 Å². The van der Waals surface area contributed by atoms with Crippen LogP contribution in [0.5, 0.6) is 0 Å². The van der Waals surface area contributed by atoms with Crippen LogP contribution in [0.2, 0.25) is 0 Å². The monoisotopic (exact) mass is 355 g/mol. The zero-order chi connectivity index (χ0) is 17.9. The van der Waals surface area contributed by atoms with Crippen LogP contribution < -0.4 is 0 Å². The molecule has 5 nitrogen and oxygen atoms in total. The topological polar surface area (TPSA) is 69.7 Å². The molecule has 0 saturated carbocycles. The Morgan fingerprint density at radius 1 is 1.18 bits per heavy atom. The highest BCUT2D eigenvalue weighted by Gasteiger charge is 2.35. The van der Waals surface area contributed by atoms with Crippen LogP contribution in [0, 0.1) is 5.41 Å². The van der Waals surface area contributed by atoms with Gasteiger partial charge < -0.3 is 9.29 Å². The molecule has 0 N–H and O–H groups in total. The van der Waals surface area contributed by atoms with E-state index in [4.69, 9.17) is 4.74 Å². The molecule has 0 spiro atoms. The fraction of sp³-hybridized carbons (Fsp3) is 1.00. The van der Waals surface area contributed by atoms with Crippen LogP contribution in [0.1, 0.15) is 48.5 Å². The summed E-state index contributed by atoms with van der Waals surface area (Å²) in [6.45, 7) is 13.9. The standard InChI is InChI=1S/C15H33NO4S2/c1-12(14(2,3)4)20-13(11-21(8)17)10-16(15(5,6)7)22(9,18)19/h12-13H,10-11H2,1-9H3. The molecule has 0 heterocycles. The van der Waals surface area contributed by atoms with Gasteiger partial charge in [-0.1, -0.05) is 31.9 Å². The van der Waals surface area contributed by atoms with Gasteiger partial charge in [0, 0.05) is 12.1 Å². The Morgan fingerprint density at radius 3 is 1.91 bits per heavy atom. The first-order valence-electron chi connectivity index (χ1n) is 7.48. The molecule has 134 valence electrons. The molecule has 0 rings (SSSR count). The van der Waals surface area contributed by atoms with Gasteiger partial charge in [-0.3, -0.25) is 0 Å². The van der Waals surface area contributed by atoms with Crippen molar-refractivity contribution >= 4 is 21.2 Å². The highest BCUT2D eigenvalue weighted by atomic mass is 32.2. The van der Waals surface area contributed by atoms with E-state index in [2.05, 4.69) is 20.8 Å². The summed E-state index contributed by atoms with van der Waals surface area (Å²) >= 11 is -1.06. The molecule has 0 amide bonds. The summed E-state index contributed by atoms with van der Waals surface area (Å²) in [7, 11) is -3.37. The zero-order valence-electron chi connectivity index (χ0n) is 15.5. The van der Waals surface area contributed by atoms with E-state index >= 15 is 0 Å². The summed E-state index contributed by atoms with van der Waals surface area (Å²) in [5.74, 6) is 0.322. The lowest BCUT2D eigenvalue weighted by atomic mass is 9.90. The van der Waals surface area contributed by atoms with E-state index in [9.17, 15) is 13.0 Å². The molecular weight excluding hydrogens is 322 g/mol. The quantitative estimate of drug-likeness (QED) is 0.657. The van der Waals surface area contributed by atoms with Crippen molar-refractivity contribution in [2.24, 2.45) is 5.41 Å². The van der Waals surface area contributed by atoms with Gasteiger partial charge in [-0.2, -0.15) is 4.31 Å². The average Bonchev–Trinajstić information content (AvgIpc) is 2.19. The predicted octanol–water partition coefficient (Wildman–Crippen LogP) is 2.24. The molecule has 0 aliphatic carbocycles. The molecule has 0 aromatic heterocycles. The molecule has 3 unspecified atom stereocenters. The molecule has 7 heteroatoms. The van der Waals surface area contributed by atoms with Gasteiger partial charge in [0.15, 0.2) is 0 Å². The van der Waals surface area contributed by atoms with Gasteiger partial charge in [-0.05, 0) is 33.1 Å². The van der Waals surface area contributed by atoms with Gasteiger partial charge in [0.25, 0.3) is 0 Å². The number of hydrogen-bond acceptors (Lipinski definition) is 4. The summed E-state index contributed by atoms with van der Waals surface area (Å²) in [6, 6.07) is 0. The Hall–Kier alpha value is 0.180. The van der Waals surface area contributed by atoms with Gasteiger partial charge >= 0.3 is 0 Å². The predicted molar refractivity (Wildman–Crippen MR) is 94.0 cm³/mol. The summed E-state index contributed by atoms with van der Waals surface area (Å²) < 4.78 is 43.3. The van der Waals surface area contributed by atoms with Crippen molar-refractivity contribution in [3.05, 3.63) is 0 Å². The van der Waals surface area contributed by atoms with Crippen LogP contribution in [0.25, 0.3) is 0 Å². The maximum atomic E-state index is 12.1. The Morgan fingerprint density at radius 2 is 1.64 bits per heavy atom. The first-order chi connectivity index (χ1) is 9.55. The lowest BCUT2D eigenvalue weighted by Crippen LogP contribution is -2.51. The third-order valence-corrected chi connectivity index (χ3v) is 5.89. The number of hydrogen-bond donors (Lipinski definition) is 0. The van der Waals surface area contributed by atoms with Crippen molar-refractivity contribution in [2.45, 2.75) is 66.2 Å². The Bertz CT molecular complexity index is 435. The lowest BCUT2D eigenvalue weighted by Gasteiger charge is -2.38. The smallest absolute Gasteiger partial charge is 0.211 e. The maximum absolute atomic E-state index is 12.1. The van der Waals surface area contributed by atoms with E-state index in [-0.39, 0.29) is 18.1 Å². The van der Waals surface area contributed by atoms with Crippen molar-refractivity contribution in [1.82, 2.24) is 4.31 Å². The SMILES string of the molecule is CC(OC(CN(C(C)(C)C)S(C)(=O)=O)C[S+](C)[O-])C(C)(C)C. The van der Waals surface area contributed by atoms with Crippen LogP contribution in [0.4, 0.5) is 0 Å². The van der Waals surface area contributed by atoms with Crippen molar-refractivity contribution in [1.29, 1.82) is 0 Å². The van der Waals surface area contributed by atoms with Gasteiger partial charge in [-0.15, -0.1) is 0 Å². The molecule has 0 bridgehead atoms. The van der Waals surface area contributed by atoms with E-state index < -0.39 is 32.8 Å². The molecule has 0 aromatic carbocycles. The highest BCUT2D eigenvalue weighted by molar-refractivity contribution is 7.90. The molecule has 0 aliphatic rings. The zero-order valence-corrected chi connectivity index (χ0v) is 17.1. The third kappa shape index (κ3) is 8.15. The third-order valence-electron chi connectivity index (χ3n) is 3.55. The van der Waals surface area contributed by atoms with Crippen molar-refractivity contribution in [3.63, 3.8) is 0 Å². The first-order valence-corrected chi connectivity index (χ1v) is 11.1. The maximum Gasteiger partial charge on any atom is 0.211 e. The minimum atomic E-state index is -3.37. The second-order valence-corrected chi connectivity index (χ2v) is 11.4. The average molecular weight is 356 g/mol. The van der Waals surface area contributed by atoms with Crippen LogP contribution in [0.3, 0.4) is 0 Å². The van der Waals surface area contributed by atoms with Gasteiger partial charge in [0.05, 0.1) is 18.6 Å². The van der Waals surface area contributed by atoms with E-state index in [0.717, 1.165) is 0 Å². The second kappa shape index (κ2) is 7.83. The minimum Gasteiger partial charge on any atom is -0.616 e. The second-order valence-electron chi connectivity index (χ2n) is 7.97. The van der Waals surface area contributed by atoms with Crippen LogP contribution in [-0.2, 0) is 25.9 Å². The van der Waals surface area contributed by atoms with E-state index in [1.54, 1.807) is 6.26 Å². The number of sulfonamides is 1.